The molecule has 20 nitrogen and oxygen atoms in total. The summed E-state index contributed by atoms with van der Waals surface area (Å²) < 4.78 is 54.0. The summed E-state index contributed by atoms with van der Waals surface area (Å²) in [6.07, 6.45) is -20.4. The topological polar surface area (TPSA) is 299 Å². The molecule has 0 spiro atoms. The second-order valence-electron chi connectivity index (χ2n) is 18.2. The van der Waals surface area contributed by atoms with Gasteiger partial charge in [-0.25, -0.2) is 0 Å². The highest BCUT2D eigenvalue weighted by Gasteiger charge is 2.50. The second kappa shape index (κ2) is 20.2. The van der Waals surface area contributed by atoms with Gasteiger partial charge in [0, 0.05) is 44.3 Å². The first-order valence-electron chi connectivity index (χ1n) is 22.3. The van der Waals surface area contributed by atoms with Gasteiger partial charge in [0.2, 0.25) is 0 Å². The van der Waals surface area contributed by atoms with E-state index in [4.69, 9.17) is 42.6 Å². The summed E-state index contributed by atoms with van der Waals surface area (Å²) in [6.45, 7) is 9.26. The van der Waals surface area contributed by atoms with Crippen molar-refractivity contribution in [3.8, 4) is 17.2 Å². The normalized spacial score (nSPS) is 39.4. The highest BCUT2D eigenvalue weighted by molar-refractivity contribution is 6.11. The Labute approximate surface area is 375 Å². The minimum atomic E-state index is -1.90. The maximum absolute atomic E-state index is 14.8. The molecule has 0 aromatic heterocycles. The highest BCUT2D eigenvalue weighted by atomic mass is 16.7. The summed E-state index contributed by atoms with van der Waals surface area (Å²) >= 11 is 0. The van der Waals surface area contributed by atoms with Crippen LogP contribution in [0.5, 0.6) is 17.2 Å². The molecular weight excluding hydrogens is 860 g/mol. The van der Waals surface area contributed by atoms with Crippen molar-refractivity contribution in [1.29, 1.82) is 0 Å². The zero-order valence-corrected chi connectivity index (χ0v) is 37.5. The first-order chi connectivity index (χ1) is 30.7. The lowest BCUT2D eigenvalue weighted by atomic mass is 9.75. The summed E-state index contributed by atoms with van der Waals surface area (Å²) in [5.41, 5.74) is 0.292. The van der Waals surface area contributed by atoms with Crippen molar-refractivity contribution >= 4 is 22.3 Å². The molecule has 20 heteroatoms. The number of rotatable bonds is 13. The van der Waals surface area contributed by atoms with Crippen LogP contribution in [0.4, 0.5) is 0 Å². The van der Waals surface area contributed by atoms with Gasteiger partial charge in [0.15, 0.2) is 36.7 Å². The van der Waals surface area contributed by atoms with E-state index in [2.05, 4.69) is 0 Å². The van der Waals surface area contributed by atoms with Crippen LogP contribution in [0, 0.1) is 12.8 Å². The van der Waals surface area contributed by atoms with Crippen LogP contribution >= 0.6 is 0 Å². The van der Waals surface area contributed by atoms with Gasteiger partial charge >= 0.3 is 0 Å². The zero-order valence-electron chi connectivity index (χ0n) is 37.5. The molecule has 9 N–H and O–H groups in total. The van der Waals surface area contributed by atoms with E-state index in [9.17, 15) is 55.5 Å². The van der Waals surface area contributed by atoms with Crippen molar-refractivity contribution in [2.24, 2.45) is 5.92 Å². The molecule has 0 saturated carbocycles. The average molecular weight is 925 g/mol. The van der Waals surface area contributed by atoms with Crippen LogP contribution in [0.15, 0.2) is 12.1 Å². The van der Waals surface area contributed by atoms with Crippen molar-refractivity contribution in [3.05, 3.63) is 28.8 Å². The monoisotopic (exact) mass is 924 g/mol. The Kier molecular flexibility index (Phi) is 15.5. The van der Waals surface area contributed by atoms with Gasteiger partial charge in [-0.2, -0.15) is 0 Å². The molecule has 4 fully saturated rings. The van der Waals surface area contributed by atoms with Crippen molar-refractivity contribution in [1.82, 2.24) is 0 Å². The van der Waals surface area contributed by atoms with Crippen LogP contribution in [0.25, 0.3) is 10.8 Å². The van der Waals surface area contributed by atoms with E-state index in [1.807, 2.05) is 0 Å². The molecular formula is C45H64O20. The number of hydrogen-bond acceptors (Lipinski definition) is 20. The largest absolute Gasteiger partial charge is 0.507 e. The van der Waals surface area contributed by atoms with E-state index in [0.717, 1.165) is 0 Å². The number of aliphatic hydroxyl groups excluding tert-OH is 7. The summed E-state index contributed by atoms with van der Waals surface area (Å²) in [5, 5.41) is 97.3. The van der Waals surface area contributed by atoms with Gasteiger partial charge in [-0.3, -0.25) is 9.59 Å². The van der Waals surface area contributed by atoms with Crippen molar-refractivity contribution in [2.45, 2.75) is 197 Å². The molecule has 7 rings (SSSR count). The Hall–Kier alpha value is -3.16. The van der Waals surface area contributed by atoms with Crippen LogP contribution in [0.2, 0.25) is 0 Å². The Bertz CT molecular complexity index is 2000. The van der Waals surface area contributed by atoms with Crippen LogP contribution in [-0.2, 0) is 49.1 Å². The summed E-state index contributed by atoms with van der Waals surface area (Å²) in [4.78, 5) is 28.6. The number of phenols is 2. The van der Waals surface area contributed by atoms with E-state index in [0.29, 0.717) is 12.8 Å². The van der Waals surface area contributed by atoms with Crippen LogP contribution in [0.1, 0.15) is 88.2 Å². The molecule has 4 saturated heterocycles. The van der Waals surface area contributed by atoms with E-state index in [1.165, 1.54) is 14.0 Å². The fourth-order valence-electron chi connectivity index (χ4n) is 9.55. The number of hydrogen-bond donors (Lipinski definition) is 9. The van der Waals surface area contributed by atoms with E-state index in [1.54, 1.807) is 46.8 Å². The molecule has 2 aromatic carbocycles. The summed E-state index contributed by atoms with van der Waals surface area (Å²) in [5.74, 6) is -3.63. The number of Topliss-reactive ketones (excluding diaryl/α,β-unsaturated/α-hetero) is 2. The number of ketones is 2. The van der Waals surface area contributed by atoms with E-state index >= 15 is 0 Å². The molecule has 2 aromatic rings. The van der Waals surface area contributed by atoms with Crippen molar-refractivity contribution < 1.29 is 98.2 Å². The number of aromatic hydroxyl groups is 2. The van der Waals surface area contributed by atoms with Gasteiger partial charge in [0.1, 0.15) is 53.9 Å². The maximum Gasteiger partial charge on any atom is 0.200 e. The van der Waals surface area contributed by atoms with Gasteiger partial charge in [-0.1, -0.05) is 0 Å². The number of methoxy groups -OCH3 is 1. The highest BCUT2D eigenvalue weighted by Crippen LogP contribution is 2.47. The molecule has 0 radical (unpaired) electrons. The third kappa shape index (κ3) is 10.2. The fraction of sp³-hybridized carbons (Fsp3) is 0.733. The third-order valence-electron chi connectivity index (χ3n) is 13.5. The minimum Gasteiger partial charge on any atom is -0.507 e. The minimum absolute atomic E-state index is 0.0313. The predicted octanol–water partition coefficient (Wildman–Crippen LogP) is 0.509. The number of phenolic OH excluding ortho intramolecular Hbond substituents is 2. The quantitative estimate of drug-likeness (QED) is 0.132. The molecule has 1 aliphatic carbocycles. The van der Waals surface area contributed by atoms with Crippen molar-refractivity contribution in [3.63, 3.8) is 0 Å². The number of carbonyl (C=O) groups excluding carboxylic acids is 2. The molecule has 5 aliphatic rings. The number of benzene rings is 2. The Morgan fingerprint density at radius 1 is 0.723 bits per heavy atom. The predicted molar refractivity (Wildman–Crippen MR) is 223 cm³/mol. The molecule has 4 unspecified atom stereocenters. The molecule has 4 heterocycles. The van der Waals surface area contributed by atoms with Crippen LogP contribution in [0.3, 0.4) is 0 Å². The van der Waals surface area contributed by atoms with E-state index < -0.39 is 140 Å². The maximum atomic E-state index is 14.8. The lowest BCUT2D eigenvalue weighted by molar-refractivity contribution is -0.329. The van der Waals surface area contributed by atoms with Crippen LogP contribution in [-0.4, -0.2) is 181 Å². The fourth-order valence-corrected chi connectivity index (χ4v) is 9.55. The second-order valence-corrected chi connectivity index (χ2v) is 18.2. The summed E-state index contributed by atoms with van der Waals surface area (Å²) in [7, 11) is 1.20. The van der Waals surface area contributed by atoms with Gasteiger partial charge in [-0.05, 0) is 77.5 Å². The van der Waals surface area contributed by atoms with Crippen LogP contribution < -0.4 is 4.74 Å². The third-order valence-corrected chi connectivity index (χ3v) is 13.5. The Morgan fingerprint density at radius 2 is 1.28 bits per heavy atom. The molecule has 4 aliphatic heterocycles. The molecule has 65 heavy (non-hydrogen) atoms. The first-order valence-corrected chi connectivity index (χ1v) is 22.3. The number of ether oxygens (including phenoxy) is 9. The lowest BCUT2D eigenvalue weighted by Gasteiger charge is -2.45. The SMILES string of the molecule is CO[C@H](C(=O)[C@@H](O)[C@@H](C)O)[C@@H]1Cc2cc3cc(O[C@H]4CC[C@@H](O)C(C)O4)c(C)c(O)c3c(O)c2C(=O)[C@H]1O[C@H]1C[C@@H](O[C@H]2C[C@@H](O[C@H]3C[C@@H](O)[C@@H](O)C(C)O3)[C@@H](O)C(C)O2)[C@@H](O)C(C)O1. The first kappa shape index (κ1) is 49.7. The Morgan fingerprint density at radius 3 is 1.83 bits per heavy atom. The molecule has 0 bridgehead atoms. The van der Waals surface area contributed by atoms with Gasteiger partial charge < -0.3 is 88.6 Å². The van der Waals surface area contributed by atoms with Crippen molar-refractivity contribution in [2.75, 3.05) is 7.11 Å². The number of carbonyl (C=O) groups is 2. The number of aliphatic hydroxyl groups is 7. The summed E-state index contributed by atoms with van der Waals surface area (Å²) in [6, 6.07) is 3.15. The molecule has 364 valence electrons. The number of fused-ring (bicyclic) bond motifs is 2. The van der Waals surface area contributed by atoms with Gasteiger partial charge in [-0.15, -0.1) is 0 Å². The molecule has 20 atom stereocenters. The zero-order chi connectivity index (χ0) is 47.3. The average Bonchev–Trinajstić information content (AvgIpc) is 3.24. The van der Waals surface area contributed by atoms with Gasteiger partial charge in [0.25, 0.3) is 0 Å². The Balaban J connectivity index is 1.16. The van der Waals surface area contributed by atoms with E-state index in [-0.39, 0.29) is 64.6 Å². The molecule has 0 amide bonds. The smallest absolute Gasteiger partial charge is 0.200 e. The lowest BCUT2D eigenvalue weighted by Crippen LogP contribution is -2.57. The standard InChI is InChI=1S/C45H64O20/c1-16-27(62-30-9-8-25(47)18(3)58-30)12-23-10-22-11-24(44(57-7)43(56)37(50)17(2)46)45(42(55)35(22)41(54)34(23)36(16)49)65-33-15-29(40(53)21(6)61-33)64-32-14-28(39(52)20(5)60-32)63-31-13-26(48)38(51)19(4)59-31/h10,12,17-21,24-26,28-33,37-40,44-54H,8-9,11,13-15H2,1-7H3/t17-,18?,19?,20?,21?,24+,25-,26-,28-,29-,30+,31+,32+,33+,37+,38+,39+,40+,44+,45+/m1/s1. The van der Waals surface area contributed by atoms with Gasteiger partial charge in [0.05, 0.1) is 65.9 Å².